The Balaban J connectivity index is 1.34. The summed E-state index contributed by atoms with van der Waals surface area (Å²) in [6, 6.07) is 16.5. The molecule has 0 N–H and O–H groups in total. The first-order chi connectivity index (χ1) is 14.2. The van der Waals surface area contributed by atoms with Gasteiger partial charge in [0.05, 0.1) is 11.3 Å². The van der Waals surface area contributed by atoms with Gasteiger partial charge in [0.1, 0.15) is 5.52 Å². The van der Waals surface area contributed by atoms with Crippen molar-refractivity contribution in [1.82, 2.24) is 24.6 Å². The Labute approximate surface area is 172 Å². The second kappa shape index (κ2) is 7.48. The van der Waals surface area contributed by atoms with Crippen molar-refractivity contribution in [3.63, 3.8) is 0 Å². The van der Waals surface area contributed by atoms with Crippen LogP contribution in [0.4, 0.5) is 0 Å². The monoisotopic (exact) mass is 403 g/mol. The Kier molecular flexibility index (Phi) is 4.67. The molecule has 0 unspecified atom stereocenters. The molecule has 3 heterocycles. The largest absolute Gasteiger partial charge is 0.337 e. The van der Waals surface area contributed by atoms with Gasteiger partial charge in [-0.15, -0.1) is 10.2 Å². The second-order valence-corrected chi connectivity index (χ2v) is 8.09. The number of hydrogen-bond donors (Lipinski definition) is 0. The Morgan fingerprint density at radius 3 is 2.72 bits per heavy atom. The summed E-state index contributed by atoms with van der Waals surface area (Å²) in [5, 5.41) is 10.3. The molecule has 0 fully saturated rings. The van der Waals surface area contributed by atoms with Crippen LogP contribution < -0.4 is 0 Å². The summed E-state index contributed by atoms with van der Waals surface area (Å²) >= 11 is 1.36. The lowest BCUT2D eigenvalue weighted by molar-refractivity contribution is -0.129. The van der Waals surface area contributed by atoms with Crippen LogP contribution >= 0.6 is 11.8 Å². The first-order valence-corrected chi connectivity index (χ1v) is 10.8. The zero-order valence-electron chi connectivity index (χ0n) is 16.2. The molecule has 0 radical (unpaired) electrons. The molecule has 5 rings (SSSR count). The third-order valence-corrected chi connectivity index (χ3v) is 6.30. The van der Waals surface area contributed by atoms with Gasteiger partial charge < -0.3 is 9.47 Å². The molecule has 29 heavy (non-hydrogen) atoms. The van der Waals surface area contributed by atoms with Crippen LogP contribution in [0.3, 0.4) is 0 Å². The van der Waals surface area contributed by atoms with Gasteiger partial charge in [-0.1, -0.05) is 54.2 Å². The fraction of sp³-hybridized carbons (Fsp3) is 0.273. The average Bonchev–Trinajstić information content (AvgIpc) is 3.10. The molecule has 0 atom stereocenters. The molecule has 6 nitrogen and oxygen atoms in total. The Morgan fingerprint density at radius 2 is 1.86 bits per heavy atom. The van der Waals surface area contributed by atoms with Crippen molar-refractivity contribution in [2.24, 2.45) is 0 Å². The summed E-state index contributed by atoms with van der Waals surface area (Å²) in [6.07, 6.45) is 0.910. The van der Waals surface area contributed by atoms with Gasteiger partial charge in [0.25, 0.3) is 0 Å². The van der Waals surface area contributed by atoms with Crippen molar-refractivity contribution >= 4 is 39.7 Å². The lowest BCUT2D eigenvalue weighted by atomic mass is 10.00. The molecule has 2 aromatic carbocycles. The van der Waals surface area contributed by atoms with E-state index in [0.717, 1.165) is 41.6 Å². The number of fused-ring (bicyclic) bond motifs is 4. The molecule has 4 aromatic rings. The molecule has 0 saturated carbocycles. The maximum absolute atomic E-state index is 12.7. The Bertz CT molecular complexity index is 1220. The predicted molar refractivity (Wildman–Crippen MR) is 115 cm³/mol. The molecule has 1 aliphatic heterocycles. The summed E-state index contributed by atoms with van der Waals surface area (Å²) in [6.45, 7) is 4.34. The van der Waals surface area contributed by atoms with Crippen LogP contribution in [0.5, 0.6) is 0 Å². The van der Waals surface area contributed by atoms with E-state index in [1.54, 1.807) is 0 Å². The molecule has 0 saturated heterocycles. The fourth-order valence-electron chi connectivity index (χ4n) is 4.00. The zero-order chi connectivity index (χ0) is 19.8. The number of carbonyl (C=O) groups excluding carboxylic acids is 1. The first-order valence-electron chi connectivity index (χ1n) is 9.83. The number of nitrogens with zero attached hydrogens (tertiary/aromatic N) is 5. The highest BCUT2D eigenvalue weighted by Crippen LogP contribution is 2.27. The number of amides is 1. The minimum Gasteiger partial charge on any atom is -0.337 e. The SMILES string of the molecule is CCn1c2ccccc2c2nnc(SCC(=O)N3CCc4ccccc4C3)nc21. The summed E-state index contributed by atoms with van der Waals surface area (Å²) in [4.78, 5) is 19.4. The van der Waals surface area contributed by atoms with Gasteiger partial charge in [0.15, 0.2) is 5.65 Å². The van der Waals surface area contributed by atoms with Crippen molar-refractivity contribution in [3.05, 3.63) is 59.7 Å². The molecule has 1 amide bonds. The van der Waals surface area contributed by atoms with Crippen LogP contribution in [0.2, 0.25) is 0 Å². The standard InChI is InChI=1S/C22H21N5OS/c1-2-27-18-10-6-5-9-17(18)20-21(27)23-22(25-24-20)29-14-19(28)26-12-11-15-7-3-4-8-16(15)13-26/h3-10H,2,11-14H2,1H3. The number of hydrogen-bond acceptors (Lipinski definition) is 5. The lowest BCUT2D eigenvalue weighted by Gasteiger charge is -2.28. The maximum atomic E-state index is 12.7. The van der Waals surface area contributed by atoms with Crippen LogP contribution in [-0.4, -0.2) is 42.9 Å². The number of carbonyl (C=O) groups is 1. The van der Waals surface area contributed by atoms with Crippen molar-refractivity contribution in [2.45, 2.75) is 31.6 Å². The molecule has 0 spiro atoms. The summed E-state index contributed by atoms with van der Waals surface area (Å²) in [5.41, 5.74) is 5.33. The summed E-state index contributed by atoms with van der Waals surface area (Å²) < 4.78 is 2.15. The number of para-hydroxylation sites is 1. The number of benzene rings is 2. The van der Waals surface area contributed by atoms with E-state index in [9.17, 15) is 4.79 Å². The number of aromatic nitrogens is 4. The topological polar surface area (TPSA) is 63.9 Å². The zero-order valence-corrected chi connectivity index (χ0v) is 17.0. The highest BCUT2D eigenvalue weighted by atomic mass is 32.2. The van der Waals surface area contributed by atoms with Gasteiger partial charge in [0, 0.05) is 25.0 Å². The molecule has 146 valence electrons. The Hall–Kier alpha value is -2.93. The highest BCUT2D eigenvalue weighted by molar-refractivity contribution is 7.99. The number of thioether (sulfide) groups is 1. The van der Waals surface area contributed by atoms with E-state index in [2.05, 4.69) is 46.0 Å². The lowest BCUT2D eigenvalue weighted by Crippen LogP contribution is -2.37. The van der Waals surface area contributed by atoms with Crippen LogP contribution in [0.25, 0.3) is 22.1 Å². The smallest absolute Gasteiger partial charge is 0.233 e. The minimum atomic E-state index is 0.115. The second-order valence-electron chi connectivity index (χ2n) is 7.15. The van der Waals surface area contributed by atoms with Crippen molar-refractivity contribution in [3.8, 4) is 0 Å². The van der Waals surface area contributed by atoms with E-state index in [0.29, 0.717) is 17.5 Å². The van der Waals surface area contributed by atoms with Gasteiger partial charge in [-0.05, 0) is 30.5 Å². The molecular weight excluding hydrogens is 382 g/mol. The number of aryl methyl sites for hydroxylation is 1. The Morgan fingerprint density at radius 1 is 1.07 bits per heavy atom. The molecule has 1 aliphatic rings. The van der Waals surface area contributed by atoms with E-state index in [-0.39, 0.29) is 5.91 Å². The fourth-order valence-corrected chi connectivity index (χ4v) is 4.68. The maximum Gasteiger partial charge on any atom is 0.233 e. The van der Waals surface area contributed by atoms with Crippen LogP contribution in [0.15, 0.2) is 53.7 Å². The predicted octanol–water partition coefficient (Wildman–Crippen LogP) is 3.68. The minimum absolute atomic E-state index is 0.115. The quantitative estimate of drug-likeness (QED) is 0.487. The van der Waals surface area contributed by atoms with Gasteiger partial charge in [-0.2, -0.15) is 0 Å². The third-order valence-electron chi connectivity index (χ3n) is 5.48. The van der Waals surface area contributed by atoms with E-state index >= 15 is 0 Å². The van der Waals surface area contributed by atoms with Crippen LogP contribution in [-0.2, 0) is 24.3 Å². The summed E-state index contributed by atoms with van der Waals surface area (Å²) in [7, 11) is 0. The van der Waals surface area contributed by atoms with Crippen molar-refractivity contribution in [2.75, 3.05) is 12.3 Å². The molecule has 0 aliphatic carbocycles. The molecule has 2 aromatic heterocycles. The summed E-state index contributed by atoms with van der Waals surface area (Å²) in [5.74, 6) is 0.436. The van der Waals surface area contributed by atoms with Crippen molar-refractivity contribution < 1.29 is 4.79 Å². The van der Waals surface area contributed by atoms with E-state index < -0.39 is 0 Å². The normalized spacial score (nSPS) is 13.8. The van der Waals surface area contributed by atoms with Crippen molar-refractivity contribution in [1.29, 1.82) is 0 Å². The van der Waals surface area contributed by atoms with Gasteiger partial charge >= 0.3 is 0 Å². The van der Waals surface area contributed by atoms with Crippen LogP contribution in [0, 0.1) is 0 Å². The van der Waals surface area contributed by atoms with Gasteiger partial charge in [-0.25, -0.2) is 4.98 Å². The first kappa shape index (κ1) is 18.1. The van der Waals surface area contributed by atoms with Gasteiger partial charge in [0.2, 0.25) is 11.1 Å². The van der Waals surface area contributed by atoms with E-state index in [1.807, 2.05) is 29.2 Å². The molecular formula is C22H21N5OS. The van der Waals surface area contributed by atoms with E-state index in [1.165, 1.54) is 22.9 Å². The van der Waals surface area contributed by atoms with Crippen LogP contribution in [0.1, 0.15) is 18.1 Å². The molecule has 7 heteroatoms. The van der Waals surface area contributed by atoms with E-state index in [4.69, 9.17) is 4.98 Å². The number of rotatable bonds is 4. The third kappa shape index (κ3) is 3.25. The highest BCUT2D eigenvalue weighted by Gasteiger charge is 2.21. The molecule has 0 bridgehead atoms. The van der Waals surface area contributed by atoms with Gasteiger partial charge in [-0.3, -0.25) is 4.79 Å². The average molecular weight is 404 g/mol.